The topological polar surface area (TPSA) is 66.3 Å². The van der Waals surface area contributed by atoms with Gasteiger partial charge in [0.1, 0.15) is 10.4 Å². The summed E-state index contributed by atoms with van der Waals surface area (Å²) < 4.78 is 57.0. The van der Waals surface area contributed by atoms with Gasteiger partial charge >= 0.3 is 6.18 Å². The molecule has 1 fully saturated rings. The number of carbonyl (C=O) groups excluding carboxylic acids is 1. The highest BCUT2D eigenvalue weighted by Gasteiger charge is 2.37. The number of nitrogens with one attached hydrogen (secondary N) is 1. The number of likely N-dealkylation sites (tertiary alicyclic amines) is 1. The normalized spacial score (nSPS) is 16.6. The first-order valence-corrected chi connectivity index (χ1v) is 10.8. The van der Waals surface area contributed by atoms with Gasteiger partial charge in [0.2, 0.25) is 0 Å². The lowest BCUT2D eigenvalue weighted by molar-refractivity contribution is -0.136. The lowest BCUT2D eigenvalue weighted by Gasteiger charge is -2.16. The molecule has 0 saturated carbocycles. The van der Waals surface area contributed by atoms with Crippen LogP contribution in [0.1, 0.15) is 34.0 Å². The van der Waals surface area contributed by atoms with E-state index in [1.807, 2.05) is 0 Å². The first-order valence-electron chi connectivity index (χ1n) is 10.1. The van der Waals surface area contributed by atoms with Gasteiger partial charge in [0.25, 0.3) is 5.91 Å². The van der Waals surface area contributed by atoms with Crippen LogP contribution in [0.5, 0.6) is 0 Å². The van der Waals surface area contributed by atoms with Gasteiger partial charge < -0.3 is 4.90 Å². The monoisotopic (exact) mass is 521 g/mol. The van der Waals surface area contributed by atoms with E-state index in [-0.39, 0.29) is 39.8 Å². The fourth-order valence-corrected chi connectivity index (χ4v) is 4.71. The van der Waals surface area contributed by atoms with Gasteiger partial charge in [-0.2, -0.15) is 18.3 Å². The van der Waals surface area contributed by atoms with E-state index in [1.54, 1.807) is 18.2 Å². The zero-order valence-electron chi connectivity index (χ0n) is 16.9. The summed E-state index contributed by atoms with van der Waals surface area (Å²) in [6.07, 6.45) is 0.220. The van der Waals surface area contributed by atoms with Gasteiger partial charge in [0.05, 0.1) is 11.8 Å². The Morgan fingerprint density at radius 2 is 2.00 bits per heavy atom. The van der Waals surface area contributed by atoms with E-state index in [4.69, 9.17) is 0 Å². The number of carbonyl (C=O) groups is 1. The fraction of sp³-hybridized carbons (Fsp3) is 0.227. The average Bonchev–Trinajstić information content (AvgIpc) is 3.53. The van der Waals surface area contributed by atoms with E-state index >= 15 is 0 Å². The molecule has 1 aromatic carbocycles. The summed E-state index contributed by atoms with van der Waals surface area (Å²) in [5, 5.41) is 6.36. The van der Waals surface area contributed by atoms with Gasteiger partial charge in [-0.25, -0.2) is 9.37 Å². The number of amides is 1. The number of fused-ring (bicyclic) bond motifs is 1. The smallest absolute Gasteiger partial charge is 0.337 e. The number of nitrogens with zero attached hydrogens (tertiary/aromatic N) is 4. The van der Waals surface area contributed by atoms with Crippen LogP contribution in [-0.4, -0.2) is 43.5 Å². The number of imidazole rings is 1. The second kappa shape index (κ2) is 7.98. The molecule has 1 aliphatic rings. The summed E-state index contributed by atoms with van der Waals surface area (Å²) >= 11 is 3.27. The molecule has 1 saturated heterocycles. The van der Waals surface area contributed by atoms with E-state index in [9.17, 15) is 22.4 Å². The predicted octanol–water partition coefficient (Wildman–Crippen LogP) is 5.27. The molecule has 1 atom stereocenters. The number of alkyl halides is 3. The number of pyridine rings is 1. The number of aromatic nitrogens is 4. The summed E-state index contributed by atoms with van der Waals surface area (Å²) in [5.74, 6) is -1.04. The van der Waals surface area contributed by atoms with E-state index in [0.717, 1.165) is 6.07 Å². The molecule has 0 radical (unpaired) electrons. The van der Waals surface area contributed by atoms with E-state index in [0.29, 0.717) is 24.1 Å². The maximum Gasteiger partial charge on any atom is 0.420 e. The quantitative estimate of drug-likeness (QED) is 0.373. The maximum atomic E-state index is 14.2. The van der Waals surface area contributed by atoms with E-state index in [1.165, 1.54) is 34.0 Å². The van der Waals surface area contributed by atoms with Crippen molar-refractivity contribution in [2.45, 2.75) is 18.5 Å². The highest BCUT2D eigenvalue weighted by molar-refractivity contribution is 9.10. The fourth-order valence-electron chi connectivity index (χ4n) is 4.18. The molecule has 1 N–H and O–H groups in total. The Kier molecular flexibility index (Phi) is 5.23. The lowest BCUT2D eigenvalue weighted by Crippen LogP contribution is -2.29. The second-order valence-corrected chi connectivity index (χ2v) is 8.58. The molecule has 0 aliphatic carbocycles. The molecule has 6 nitrogen and oxygen atoms in total. The zero-order valence-corrected chi connectivity index (χ0v) is 18.5. The van der Waals surface area contributed by atoms with Crippen molar-refractivity contribution < 1.29 is 22.4 Å². The highest BCUT2D eigenvalue weighted by atomic mass is 79.9. The Bertz CT molecular complexity index is 1350. The third-order valence-electron chi connectivity index (χ3n) is 5.82. The Morgan fingerprint density at radius 3 is 2.70 bits per heavy atom. The average molecular weight is 522 g/mol. The summed E-state index contributed by atoms with van der Waals surface area (Å²) in [4.78, 5) is 18.8. The molecule has 4 aromatic rings. The van der Waals surface area contributed by atoms with Crippen molar-refractivity contribution in [1.82, 2.24) is 24.5 Å². The highest BCUT2D eigenvalue weighted by Crippen LogP contribution is 2.37. The first-order chi connectivity index (χ1) is 15.7. The number of rotatable bonds is 3. The summed E-state index contributed by atoms with van der Waals surface area (Å²) in [6, 6.07) is 7.37. The number of hydrogen-bond donors (Lipinski definition) is 1. The number of benzene rings is 1. The molecule has 170 valence electrons. The van der Waals surface area contributed by atoms with Gasteiger partial charge in [0, 0.05) is 42.5 Å². The van der Waals surface area contributed by atoms with Crippen LogP contribution in [0.3, 0.4) is 0 Å². The van der Waals surface area contributed by atoms with Crippen LogP contribution in [0.25, 0.3) is 16.8 Å². The third-order valence-corrected chi connectivity index (χ3v) is 6.58. The van der Waals surface area contributed by atoms with Crippen molar-refractivity contribution in [3.63, 3.8) is 0 Å². The number of H-pyrrole nitrogens is 1. The van der Waals surface area contributed by atoms with Crippen molar-refractivity contribution in [3.05, 3.63) is 76.2 Å². The number of hydrogen-bond acceptors (Lipinski definition) is 3. The van der Waals surface area contributed by atoms with Gasteiger partial charge in [0.15, 0.2) is 11.3 Å². The summed E-state index contributed by atoms with van der Waals surface area (Å²) in [6.45, 7) is 0.608. The molecule has 1 amide bonds. The van der Waals surface area contributed by atoms with Crippen molar-refractivity contribution in [2.75, 3.05) is 13.1 Å². The summed E-state index contributed by atoms with van der Waals surface area (Å²) in [5.41, 5.74) is -0.226. The number of halogens is 5. The predicted molar refractivity (Wildman–Crippen MR) is 115 cm³/mol. The van der Waals surface area contributed by atoms with Gasteiger partial charge in [-0.15, -0.1) is 0 Å². The Balaban J connectivity index is 1.53. The molecule has 0 spiro atoms. The minimum atomic E-state index is -4.68. The van der Waals surface area contributed by atoms with Crippen molar-refractivity contribution in [2.24, 2.45) is 0 Å². The van der Waals surface area contributed by atoms with Crippen LogP contribution in [0.4, 0.5) is 17.6 Å². The zero-order chi connectivity index (χ0) is 23.3. The van der Waals surface area contributed by atoms with E-state index < -0.39 is 17.6 Å². The molecule has 33 heavy (non-hydrogen) atoms. The van der Waals surface area contributed by atoms with Crippen LogP contribution >= 0.6 is 15.9 Å². The van der Waals surface area contributed by atoms with Crippen molar-refractivity contribution >= 4 is 27.5 Å². The molecular formula is C22H16BrF4N5O. The third kappa shape index (κ3) is 3.79. The van der Waals surface area contributed by atoms with Crippen molar-refractivity contribution in [3.8, 4) is 11.1 Å². The van der Waals surface area contributed by atoms with Gasteiger partial charge in [-0.05, 0) is 40.0 Å². The Labute approximate surface area is 193 Å². The Hall–Kier alpha value is -3.21. The first kappa shape index (κ1) is 21.6. The molecular weight excluding hydrogens is 506 g/mol. The molecule has 1 unspecified atom stereocenters. The minimum Gasteiger partial charge on any atom is -0.337 e. The molecule has 0 bridgehead atoms. The molecule has 1 aliphatic heterocycles. The van der Waals surface area contributed by atoms with Crippen molar-refractivity contribution in [1.29, 1.82) is 0 Å². The summed E-state index contributed by atoms with van der Waals surface area (Å²) in [7, 11) is 0. The second-order valence-electron chi connectivity index (χ2n) is 7.83. The van der Waals surface area contributed by atoms with Crippen LogP contribution < -0.4 is 0 Å². The van der Waals surface area contributed by atoms with E-state index in [2.05, 4.69) is 31.1 Å². The van der Waals surface area contributed by atoms with Crippen LogP contribution in [0.2, 0.25) is 0 Å². The molecule has 5 rings (SSSR count). The molecule has 11 heteroatoms. The van der Waals surface area contributed by atoms with Gasteiger partial charge in [-0.3, -0.25) is 14.3 Å². The minimum absolute atomic E-state index is 0.118. The lowest BCUT2D eigenvalue weighted by atomic mass is 9.98. The standard InChI is InChI=1S/C22H16BrF4N5O/c23-19-18(21(33)31-6-5-12(10-31)15-3-1-2-4-17(15)24)30-20-16(22(25,26)27)7-13(11-32(19)20)14-8-28-29-9-14/h1-4,7-9,11-12H,5-6,10H2,(H,28,29). The largest absolute Gasteiger partial charge is 0.420 e. The Morgan fingerprint density at radius 1 is 1.21 bits per heavy atom. The van der Waals surface area contributed by atoms with Crippen LogP contribution in [0, 0.1) is 5.82 Å². The van der Waals surface area contributed by atoms with Crippen LogP contribution in [0.15, 0.2) is 53.5 Å². The van der Waals surface area contributed by atoms with Gasteiger partial charge in [-0.1, -0.05) is 18.2 Å². The maximum absolute atomic E-state index is 14.2. The SMILES string of the molecule is O=C(c1nc2c(C(F)(F)F)cc(-c3cn[nH]c3)cn2c1Br)N1CCC(c2ccccc2F)C1. The molecule has 3 aromatic heterocycles. The number of aromatic amines is 1. The van der Waals surface area contributed by atoms with Crippen LogP contribution in [-0.2, 0) is 6.18 Å². The molecule has 4 heterocycles.